The molecule has 0 spiro atoms. The van der Waals surface area contributed by atoms with E-state index in [4.69, 9.17) is 4.74 Å². The third-order valence-electron chi connectivity index (χ3n) is 4.97. The summed E-state index contributed by atoms with van der Waals surface area (Å²) in [6.07, 6.45) is 0. The molecule has 0 radical (unpaired) electrons. The summed E-state index contributed by atoms with van der Waals surface area (Å²) in [5.74, 6) is 2.04. The minimum Gasteiger partial charge on any atom is -0.449 e. The number of hydrogen-bond acceptors (Lipinski definition) is 1. The van der Waals surface area contributed by atoms with Gasteiger partial charge in [-0.2, -0.15) is 0 Å². The Hall–Kier alpha value is -3.06. The highest BCUT2D eigenvalue weighted by atomic mass is 16.6. The van der Waals surface area contributed by atoms with Crippen molar-refractivity contribution in [1.82, 2.24) is 0 Å². The van der Waals surface area contributed by atoms with Crippen LogP contribution in [0.3, 0.4) is 0 Å². The zero-order valence-corrected chi connectivity index (χ0v) is 12.3. The molecule has 0 unspecified atom stereocenters. The minimum absolute atomic E-state index is 1.01. The Morgan fingerprint density at radius 2 is 1.22 bits per heavy atom. The molecule has 0 bridgehead atoms. The molecule has 0 aromatic heterocycles. The molecule has 0 N–H and O–H groups in total. The number of ether oxygens (including phenoxy) is 1. The zero-order chi connectivity index (χ0) is 15.0. The fourth-order valence-corrected chi connectivity index (χ4v) is 3.87. The van der Waals surface area contributed by atoms with E-state index in [-0.39, 0.29) is 0 Å². The molecule has 1 aliphatic heterocycles. The molecule has 1 aliphatic rings. The van der Waals surface area contributed by atoms with Gasteiger partial charge in [-0.05, 0) is 43.9 Å². The Kier molecular flexibility index (Phi) is 1.91. The number of para-hydroxylation sites is 1. The quantitative estimate of drug-likeness (QED) is 0.254. The predicted molar refractivity (Wildman–Crippen MR) is 95.7 cm³/mol. The van der Waals surface area contributed by atoms with Crippen molar-refractivity contribution in [3.05, 3.63) is 72.8 Å². The SMILES string of the molecule is c1cc2c(c(-c3ccc4ccc5cccc6ccc3c4c56)c1)O2. The third-order valence-corrected chi connectivity index (χ3v) is 4.97. The molecule has 23 heavy (non-hydrogen) atoms. The van der Waals surface area contributed by atoms with E-state index < -0.39 is 0 Å². The van der Waals surface area contributed by atoms with E-state index in [1.54, 1.807) is 0 Å². The standard InChI is InChI=1S/C22H12O/c1-3-13-7-8-15-9-11-16(18-5-2-6-19-22(18)23-19)17-12-10-14(4-1)20(13)21(15)17/h1-12H. The van der Waals surface area contributed by atoms with Crippen LogP contribution in [0.2, 0.25) is 0 Å². The van der Waals surface area contributed by atoms with Gasteiger partial charge in [0.1, 0.15) is 0 Å². The van der Waals surface area contributed by atoms with Gasteiger partial charge in [0.15, 0.2) is 11.5 Å². The van der Waals surface area contributed by atoms with E-state index in [9.17, 15) is 0 Å². The summed E-state index contributed by atoms with van der Waals surface area (Å²) >= 11 is 0. The molecule has 1 heteroatoms. The second kappa shape index (κ2) is 3.82. The van der Waals surface area contributed by atoms with Crippen LogP contribution >= 0.6 is 0 Å². The first-order chi connectivity index (χ1) is 11.4. The third kappa shape index (κ3) is 1.42. The van der Waals surface area contributed by atoms with Gasteiger partial charge in [-0.3, -0.25) is 0 Å². The Labute approximate surface area is 133 Å². The van der Waals surface area contributed by atoms with Crippen LogP contribution in [0.1, 0.15) is 0 Å². The molecule has 1 nitrogen and oxygen atoms in total. The highest BCUT2D eigenvalue weighted by Crippen LogP contribution is 2.53. The van der Waals surface area contributed by atoms with E-state index in [0.717, 1.165) is 11.5 Å². The molecule has 5 aromatic rings. The molecule has 0 saturated heterocycles. The largest absolute Gasteiger partial charge is 0.449 e. The van der Waals surface area contributed by atoms with Crippen molar-refractivity contribution in [2.24, 2.45) is 0 Å². The maximum Gasteiger partial charge on any atom is 0.177 e. The number of fused-ring (bicyclic) bond motifs is 1. The Balaban J connectivity index is 1.84. The van der Waals surface area contributed by atoms with Gasteiger partial charge in [0.25, 0.3) is 0 Å². The van der Waals surface area contributed by atoms with Gasteiger partial charge >= 0.3 is 0 Å². The lowest BCUT2D eigenvalue weighted by molar-refractivity contribution is 0.651. The summed E-state index contributed by atoms with van der Waals surface area (Å²) in [5, 5.41) is 7.93. The maximum atomic E-state index is 5.61. The lowest BCUT2D eigenvalue weighted by atomic mass is 9.90. The van der Waals surface area contributed by atoms with E-state index >= 15 is 0 Å². The number of hydrogen-bond donors (Lipinski definition) is 0. The molecule has 5 aromatic carbocycles. The first-order valence-corrected chi connectivity index (χ1v) is 7.88. The second-order valence-corrected chi connectivity index (χ2v) is 6.20. The van der Waals surface area contributed by atoms with Crippen molar-refractivity contribution >= 4 is 32.3 Å². The molecule has 0 atom stereocenters. The van der Waals surface area contributed by atoms with Gasteiger partial charge in [-0.25, -0.2) is 0 Å². The highest BCUT2D eigenvalue weighted by Gasteiger charge is 2.25. The average molecular weight is 292 g/mol. The fourth-order valence-electron chi connectivity index (χ4n) is 3.87. The van der Waals surface area contributed by atoms with Crippen molar-refractivity contribution in [3.8, 4) is 22.6 Å². The summed E-state index contributed by atoms with van der Waals surface area (Å²) in [6, 6.07) is 26.1. The Bertz CT molecular complexity index is 1220. The topological polar surface area (TPSA) is 12.5 Å². The fraction of sp³-hybridized carbons (Fsp3) is 0. The van der Waals surface area contributed by atoms with E-state index in [1.165, 1.54) is 43.4 Å². The lowest BCUT2D eigenvalue weighted by Crippen LogP contribution is -1.86. The smallest absolute Gasteiger partial charge is 0.177 e. The van der Waals surface area contributed by atoms with Crippen LogP contribution in [0.4, 0.5) is 0 Å². The van der Waals surface area contributed by atoms with E-state index in [2.05, 4.69) is 66.7 Å². The van der Waals surface area contributed by atoms with Gasteiger partial charge < -0.3 is 4.74 Å². The summed E-state index contributed by atoms with van der Waals surface area (Å²) in [5.41, 5.74) is 2.45. The van der Waals surface area contributed by atoms with Gasteiger partial charge in [-0.15, -0.1) is 0 Å². The predicted octanol–water partition coefficient (Wildman–Crippen LogP) is 6.36. The summed E-state index contributed by atoms with van der Waals surface area (Å²) in [7, 11) is 0. The van der Waals surface area contributed by atoms with Gasteiger partial charge in [0.05, 0.1) is 0 Å². The van der Waals surface area contributed by atoms with Crippen molar-refractivity contribution < 1.29 is 4.74 Å². The molecule has 0 fully saturated rings. The summed E-state index contributed by atoms with van der Waals surface area (Å²) in [4.78, 5) is 0. The van der Waals surface area contributed by atoms with Gasteiger partial charge in [0.2, 0.25) is 0 Å². The first kappa shape index (κ1) is 11.5. The normalized spacial score (nSPS) is 12.7. The van der Waals surface area contributed by atoms with Crippen molar-refractivity contribution in [2.75, 3.05) is 0 Å². The molecule has 6 rings (SSSR count). The van der Waals surface area contributed by atoms with Gasteiger partial charge in [-0.1, -0.05) is 66.7 Å². The monoisotopic (exact) mass is 292 g/mol. The molecule has 1 heterocycles. The number of benzene rings is 5. The van der Waals surface area contributed by atoms with Crippen LogP contribution in [-0.4, -0.2) is 0 Å². The molecule has 0 aliphatic carbocycles. The van der Waals surface area contributed by atoms with Crippen LogP contribution < -0.4 is 4.74 Å². The molecular formula is C22H12O. The molecule has 106 valence electrons. The molecule has 0 amide bonds. The highest BCUT2D eigenvalue weighted by molar-refractivity contribution is 6.25. The maximum absolute atomic E-state index is 5.61. The lowest BCUT2D eigenvalue weighted by Gasteiger charge is -2.13. The molecule has 0 saturated carbocycles. The summed E-state index contributed by atoms with van der Waals surface area (Å²) in [6.45, 7) is 0. The van der Waals surface area contributed by atoms with Crippen LogP contribution in [0.15, 0.2) is 72.8 Å². The van der Waals surface area contributed by atoms with Crippen LogP contribution in [0.25, 0.3) is 43.4 Å². The average Bonchev–Trinajstić information content (AvgIpc) is 3.39. The minimum atomic E-state index is 1.01. The molecular weight excluding hydrogens is 280 g/mol. The van der Waals surface area contributed by atoms with Crippen molar-refractivity contribution in [1.29, 1.82) is 0 Å². The van der Waals surface area contributed by atoms with Crippen LogP contribution in [0, 0.1) is 0 Å². The van der Waals surface area contributed by atoms with Crippen LogP contribution in [0.5, 0.6) is 11.5 Å². The Morgan fingerprint density at radius 1 is 0.522 bits per heavy atom. The van der Waals surface area contributed by atoms with Gasteiger partial charge in [0, 0.05) is 5.56 Å². The number of rotatable bonds is 1. The summed E-state index contributed by atoms with van der Waals surface area (Å²) < 4.78 is 5.61. The zero-order valence-electron chi connectivity index (χ0n) is 12.3. The van der Waals surface area contributed by atoms with Crippen LogP contribution in [-0.2, 0) is 0 Å². The van der Waals surface area contributed by atoms with Crippen molar-refractivity contribution in [3.63, 3.8) is 0 Å². The van der Waals surface area contributed by atoms with E-state index in [1.807, 2.05) is 6.07 Å². The van der Waals surface area contributed by atoms with E-state index in [0.29, 0.717) is 0 Å². The van der Waals surface area contributed by atoms with Crippen molar-refractivity contribution in [2.45, 2.75) is 0 Å². The first-order valence-electron chi connectivity index (χ1n) is 7.88. The Morgan fingerprint density at radius 3 is 2.09 bits per heavy atom. The second-order valence-electron chi connectivity index (χ2n) is 6.20.